The minimum atomic E-state index is -0.172. The molecule has 27 heavy (non-hydrogen) atoms. The Kier molecular flexibility index (Phi) is 5.99. The zero-order chi connectivity index (χ0) is 19.4. The van der Waals surface area contributed by atoms with Crippen LogP contribution in [-0.4, -0.2) is 17.7 Å². The van der Waals surface area contributed by atoms with Crippen LogP contribution in [0.25, 0.3) is 6.08 Å². The number of rotatable bonds is 4. The number of hydrogen-bond acceptors (Lipinski definition) is 5. The van der Waals surface area contributed by atoms with Crippen LogP contribution in [0.2, 0.25) is 0 Å². The van der Waals surface area contributed by atoms with Crippen LogP contribution in [0.5, 0.6) is 5.75 Å². The van der Waals surface area contributed by atoms with E-state index in [2.05, 4.69) is 26.2 Å². The first-order valence-electron chi connectivity index (χ1n) is 8.12. The number of thioether (sulfide) groups is 1. The van der Waals surface area contributed by atoms with E-state index < -0.39 is 0 Å². The fourth-order valence-corrected chi connectivity index (χ4v) is 3.58. The molecule has 0 spiro atoms. The predicted molar refractivity (Wildman–Crippen MR) is 112 cm³/mol. The van der Waals surface area contributed by atoms with Crippen molar-refractivity contribution in [2.45, 2.75) is 13.8 Å². The molecule has 0 unspecified atom stereocenters. The van der Waals surface area contributed by atoms with E-state index in [0.717, 1.165) is 26.9 Å². The molecule has 3 rings (SSSR count). The molecule has 0 bridgehead atoms. The molecule has 1 aliphatic heterocycles. The molecule has 0 atom stereocenters. The molecule has 2 aromatic carbocycles. The molecule has 0 aliphatic carbocycles. The van der Waals surface area contributed by atoms with Crippen LogP contribution in [0.4, 0.5) is 5.69 Å². The molecule has 1 heterocycles. The summed E-state index contributed by atoms with van der Waals surface area (Å²) < 4.78 is 6.29. The summed E-state index contributed by atoms with van der Waals surface area (Å²) in [6.07, 6.45) is 1.80. The topological polar surface area (TPSA) is 74.5 Å². The van der Waals surface area contributed by atoms with Gasteiger partial charge in [-0.3, -0.25) is 4.79 Å². The Bertz CT molecular complexity index is 968. The molecule has 2 aromatic rings. The van der Waals surface area contributed by atoms with Crippen LogP contribution in [0.15, 0.2) is 50.8 Å². The second-order valence-electron chi connectivity index (χ2n) is 5.89. The zero-order valence-corrected chi connectivity index (χ0v) is 17.1. The van der Waals surface area contributed by atoms with E-state index in [-0.39, 0.29) is 12.5 Å². The number of nitrogens with zero attached hydrogens (tertiary/aromatic N) is 2. The minimum absolute atomic E-state index is 0.00746. The molecule has 136 valence electrons. The Morgan fingerprint density at radius 2 is 1.93 bits per heavy atom. The van der Waals surface area contributed by atoms with E-state index in [4.69, 9.17) is 10.00 Å². The molecule has 0 aromatic heterocycles. The van der Waals surface area contributed by atoms with Crippen molar-refractivity contribution in [1.29, 1.82) is 5.26 Å². The quantitative estimate of drug-likeness (QED) is 0.687. The lowest BCUT2D eigenvalue weighted by molar-refractivity contribution is -0.115. The van der Waals surface area contributed by atoms with Crippen molar-refractivity contribution >= 4 is 50.5 Å². The fourth-order valence-electron chi connectivity index (χ4n) is 2.51. The maximum Gasteiger partial charge on any atom is 0.264 e. The van der Waals surface area contributed by atoms with Gasteiger partial charge in [0, 0.05) is 4.47 Å². The van der Waals surface area contributed by atoms with Crippen LogP contribution in [0, 0.1) is 25.2 Å². The van der Waals surface area contributed by atoms with Crippen LogP contribution in [-0.2, 0) is 4.79 Å². The molecular weight excluding hydrogens is 426 g/mol. The molecule has 5 nitrogen and oxygen atoms in total. The van der Waals surface area contributed by atoms with Gasteiger partial charge in [0.2, 0.25) is 0 Å². The Labute approximate surface area is 170 Å². The molecule has 0 saturated carbocycles. The van der Waals surface area contributed by atoms with Gasteiger partial charge in [-0.05, 0) is 72.6 Å². The number of aliphatic imine (C=N–C) groups is 1. The van der Waals surface area contributed by atoms with Gasteiger partial charge in [-0.2, -0.15) is 5.26 Å². The number of benzene rings is 2. The van der Waals surface area contributed by atoms with E-state index >= 15 is 0 Å². The van der Waals surface area contributed by atoms with E-state index in [1.54, 1.807) is 18.2 Å². The Morgan fingerprint density at radius 1 is 1.26 bits per heavy atom. The standard InChI is InChI=1S/C20H16BrN3O2S/c1-12-9-15(10-13(2)18(12)21)23-20-24-19(25)17(27-20)11-14-3-5-16(6-4-14)26-8-7-22/h3-6,9-11H,8H2,1-2H3,(H,23,24,25)/b17-11-. The van der Waals surface area contributed by atoms with E-state index in [9.17, 15) is 4.79 Å². The Hall–Kier alpha value is -2.56. The number of nitriles is 1. The molecule has 1 fully saturated rings. The molecular formula is C20H16BrN3O2S. The third-order valence-corrected chi connectivity index (χ3v) is 5.94. The average Bonchev–Trinajstić information content (AvgIpc) is 2.98. The molecule has 1 aliphatic rings. The first-order valence-corrected chi connectivity index (χ1v) is 9.73. The Balaban J connectivity index is 1.77. The van der Waals surface area contributed by atoms with Crippen molar-refractivity contribution in [3.8, 4) is 11.8 Å². The first-order chi connectivity index (χ1) is 13.0. The first kappa shape index (κ1) is 19.2. The van der Waals surface area contributed by atoms with Crippen LogP contribution in [0.1, 0.15) is 16.7 Å². The number of amides is 1. The molecule has 1 saturated heterocycles. The maximum atomic E-state index is 12.2. The van der Waals surface area contributed by atoms with E-state index in [0.29, 0.717) is 15.8 Å². The van der Waals surface area contributed by atoms with Crippen LogP contribution >= 0.6 is 27.7 Å². The van der Waals surface area contributed by atoms with E-state index in [1.165, 1.54) is 11.8 Å². The van der Waals surface area contributed by atoms with Gasteiger partial charge in [0.25, 0.3) is 5.91 Å². The summed E-state index contributed by atoms with van der Waals surface area (Å²) >= 11 is 4.85. The number of halogens is 1. The molecule has 0 radical (unpaired) electrons. The molecule has 7 heteroatoms. The lowest BCUT2D eigenvalue weighted by Crippen LogP contribution is -2.19. The van der Waals surface area contributed by atoms with Crippen molar-refractivity contribution in [1.82, 2.24) is 5.32 Å². The van der Waals surface area contributed by atoms with Crippen LogP contribution in [0.3, 0.4) is 0 Å². The highest BCUT2D eigenvalue weighted by atomic mass is 79.9. The monoisotopic (exact) mass is 441 g/mol. The summed E-state index contributed by atoms with van der Waals surface area (Å²) in [5.74, 6) is 0.444. The number of nitrogens with one attached hydrogen (secondary N) is 1. The SMILES string of the molecule is Cc1cc(N=C2NC(=O)/C(=C/c3ccc(OCC#N)cc3)S2)cc(C)c1Br. The fraction of sp³-hybridized carbons (Fsp3) is 0.150. The highest BCUT2D eigenvalue weighted by molar-refractivity contribution is 9.10. The number of carbonyl (C=O) groups excluding carboxylic acids is 1. The van der Waals surface area contributed by atoms with Gasteiger partial charge in [-0.25, -0.2) is 4.99 Å². The number of ether oxygens (including phenoxy) is 1. The van der Waals surface area contributed by atoms with Crippen molar-refractivity contribution < 1.29 is 9.53 Å². The lowest BCUT2D eigenvalue weighted by atomic mass is 10.1. The predicted octanol–water partition coefficient (Wildman–Crippen LogP) is 4.86. The van der Waals surface area contributed by atoms with Crippen LogP contribution < -0.4 is 10.1 Å². The van der Waals surface area contributed by atoms with Crippen molar-refractivity contribution in [3.63, 3.8) is 0 Å². The summed E-state index contributed by atoms with van der Waals surface area (Å²) in [5, 5.41) is 11.9. The van der Waals surface area contributed by atoms with Gasteiger partial charge >= 0.3 is 0 Å². The number of aryl methyl sites for hydroxylation is 2. The molecule has 1 N–H and O–H groups in total. The number of carbonyl (C=O) groups is 1. The highest BCUT2D eigenvalue weighted by Gasteiger charge is 2.23. The highest BCUT2D eigenvalue weighted by Crippen LogP contribution is 2.31. The lowest BCUT2D eigenvalue weighted by Gasteiger charge is -2.04. The average molecular weight is 442 g/mol. The van der Waals surface area contributed by atoms with E-state index in [1.807, 2.05) is 44.2 Å². The normalized spacial score (nSPS) is 16.4. The second-order valence-corrected chi connectivity index (χ2v) is 7.71. The second kappa shape index (κ2) is 8.42. The van der Waals surface area contributed by atoms with Crippen molar-refractivity contribution in [3.05, 3.63) is 62.5 Å². The van der Waals surface area contributed by atoms with Gasteiger partial charge in [0.1, 0.15) is 11.8 Å². The van der Waals surface area contributed by atoms with Crippen molar-refractivity contribution in [2.24, 2.45) is 4.99 Å². The number of amidine groups is 1. The summed E-state index contributed by atoms with van der Waals surface area (Å²) in [7, 11) is 0. The zero-order valence-electron chi connectivity index (χ0n) is 14.7. The van der Waals surface area contributed by atoms with Gasteiger partial charge in [0.15, 0.2) is 11.8 Å². The molecule has 1 amide bonds. The van der Waals surface area contributed by atoms with Gasteiger partial charge in [-0.15, -0.1) is 0 Å². The number of hydrogen-bond donors (Lipinski definition) is 1. The Morgan fingerprint density at radius 3 is 2.56 bits per heavy atom. The third-order valence-electron chi connectivity index (χ3n) is 3.78. The van der Waals surface area contributed by atoms with Gasteiger partial charge in [0.05, 0.1) is 10.6 Å². The minimum Gasteiger partial charge on any atom is -0.479 e. The van der Waals surface area contributed by atoms with Gasteiger partial charge < -0.3 is 10.1 Å². The summed E-state index contributed by atoms with van der Waals surface area (Å²) in [4.78, 5) is 17.3. The summed E-state index contributed by atoms with van der Waals surface area (Å²) in [6, 6.07) is 13.1. The van der Waals surface area contributed by atoms with Crippen molar-refractivity contribution in [2.75, 3.05) is 6.61 Å². The largest absolute Gasteiger partial charge is 0.479 e. The van der Waals surface area contributed by atoms with Gasteiger partial charge in [-0.1, -0.05) is 28.1 Å². The smallest absolute Gasteiger partial charge is 0.264 e. The summed E-state index contributed by atoms with van der Waals surface area (Å²) in [6.45, 7) is 4.03. The third kappa shape index (κ3) is 4.79. The summed E-state index contributed by atoms with van der Waals surface area (Å²) in [5.41, 5.74) is 3.86. The maximum absolute atomic E-state index is 12.2.